The van der Waals surface area contributed by atoms with Crippen LogP contribution < -0.4 is 16.2 Å². The van der Waals surface area contributed by atoms with Crippen LogP contribution in [-0.2, 0) is 0 Å². The van der Waals surface area contributed by atoms with E-state index in [2.05, 4.69) is 9.83 Å². The van der Waals surface area contributed by atoms with Crippen molar-refractivity contribution in [2.24, 2.45) is 0 Å². The molecule has 0 amide bonds. The van der Waals surface area contributed by atoms with Crippen molar-refractivity contribution in [1.29, 1.82) is 5.26 Å². The Morgan fingerprint density at radius 1 is 1.30 bits per heavy atom. The number of hydrogen-bond donors (Lipinski definition) is 2. The highest BCUT2D eigenvalue weighted by atomic mass is 16.5. The number of nitrogen functional groups attached to an aromatic ring is 2. The van der Waals surface area contributed by atoms with Crippen LogP contribution in [0.2, 0.25) is 0 Å². The zero-order chi connectivity index (χ0) is 14.7. The van der Waals surface area contributed by atoms with Gasteiger partial charge < -0.3 is 16.2 Å². The summed E-state index contributed by atoms with van der Waals surface area (Å²) >= 11 is 0. The van der Waals surface area contributed by atoms with E-state index >= 15 is 0 Å². The Morgan fingerprint density at radius 2 is 1.95 bits per heavy atom. The highest BCUT2D eigenvalue weighted by Crippen LogP contribution is 2.41. The predicted octanol–water partition coefficient (Wildman–Crippen LogP) is 2.34. The highest BCUT2D eigenvalue weighted by molar-refractivity contribution is 5.89. The third-order valence-electron chi connectivity index (χ3n) is 2.78. The third kappa shape index (κ3) is 2.06. The fourth-order valence-electron chi connectivity index (χ4n) is 1.86. The lowest BCUT2D eigenvalue weighted by Gasteiger charge is -2.12. The van der Waals surface area contributed by atoms with Gasteiger partial charge in [-0.3, -0.25) is 0 Å². The van der Waals surface area contributed by atoms with Crippen LogP contribution in [0.4, 0.5) is 17.2 Å². The zero-order valence-electron chi connectivity index (χ0n) is 10.7. The van der Waals surface area contributed by atoms with Crippen molar-refractivity contribution in [3.8, 4) is 23.1 Å². The summed E-state index contributed by atoms with van der Waals surface area (Å²) < 4.78 is 5.06. The maximum atomic E-state index is 9.26. The summed E-state index contributed by atoms with van der Waals surface area (Å²) in [5.41, 5.74) is 13.4. The quantitative estimate of drug-likeness (QED) is 0.641. The topological polar surface area (TPSA) is 102 Å². The molecule has 1 heterocycles. The maximum Gasteiger partial charge on any atom is 0.256 e. The predicted molar refractivity (Wildman–Crippen MR) is 76.0 cm³/mol. The van der Waals surface area contributed by atoms with Crippen LogP contribution >= 0.6 is 0 Å². The average molecular weight is 265 g/mol. The van der Waals surface area contributed by atoms with Crippen molar-refractivity contribution in [1.82, 2.24) is 4.98 Å². The summed E-state index contributed by atoms with van der Waals surface area (Å²) in [5, 5.41) is 9.26. The number of nitrogens with zero attached hydrogens (tertiary/aromatic N) is 3. The molecular formula is C14H11N5O. The Hall–Kier alpha value is -3.25. The molecule has 1 aromatic heterocycles. The van der Waals surface area contributed by atoms with E-state index in [4.69, 9.17) is 22.8 Å². The second kappa shape index (κ2) is 5.17. The molecule has 6 heteroatoms. The Bertz CT molecular complexity index is 738. The molecule has 20 heavy (non-hydrogen) atoms. The summed E-state index contributed by atoms with van der Waals surface area (Å²) in [6.45, 7) is 7.29. The Kier molecular flexibility index (Phi) is 3.41. The molecule has 6 nitrogen and oxygen atoms in total. The largest absolute Gasteiger partial charge is 0.490 e. The summed E-state index contributed by atoms with van der Waals surface area (Å²) in [6.07, 6.45) is 0. The number of ether oxygens (including phenoxy) is 1. The van der Waals surface area contributed by atoms with Crippen LogP contribution in [0, 0.1) is 17.9 Å². The number of methoxy groups -OCH3 is 1. The molecule has 98 valence electrons. The number of nitriles is 1. The molecule has 1 aromatic carbocycles. The zero-order valence-corrected chi connectivity index (χ0v) is 10.7. The molecule has 0 fully saturated rings. The Morgan fingerprint density at radius 3 is 2.45 bits per heavy atom. The molecule has 0 spiro atoms. The minimum Gasteiger partial charge on any atom is -0.490 e. The minimum atomic E-state index is 0.0311. The first kappa shape index (κ1) is 13.2. The Labute approximate surface area is 116 Å². The first-order valence-electron chi connectivity index (χ1n) is 5.63. The van der Waals surface area contributed by atoms with Gasteiger partial charge in [-0.1, -0.05) is 12.1 Å². The van der Waals surface area contributed by atoms with Gasteiger partial charge in [-0.15, -0.1) is 0 Å². The molecule has 0 aliphatic carbocycles. The molecular weight excluding hydrogens is 254 g/mol. The van der Waals surface area contributed by atoms with E-state index in [0.717, 1.165) is 0 Å². The lowest BCUT2D eigenvalue weighted by atomic mass is 9.99. The van der Waals surface area contributed by atoms with Crippen molar-refractivity contribution >= 4 is 17.2 Å². The van der Waals surface area contributed by atoms with Gasteiger partial charge in [0.1, 0.15) is 11.9 Å². The number of nitrogens with two attached hydrogens (primary N) is 2. The van der Waals surface area contributed by atoms with Crippen LogP contribution in [0.3, 0.4) is 0 Å². The lowest BCUT2D eigenvalue weighted by molar-refractivity contribution is 0.401. The molecule has 0 aliphatic heterocycles. The standard InChI is InChI=1S/C14H11N5O/c1-18-12-11(8-3-5-9(16)6-4-8)10(7-15)13(17)19-14(12)20-2/h3-6H,16H2,2H3,(H2,17,19). The first-order chi connectivity index (χ1) is 9.62. The third-order valence-corrected chi connectivity index (χ3v) is 2.78. The van der Waals surface area contributed by atoms with Gasteiger partial charge >= 0.3 is 0 Å². The molecule has 0 saturated heterocycles. The number of benzene rings is 1. The molecule has 2 rings (SSSR count). The van der Waals surface area contributed by atoms with Crippen LogP contribution in [-0.4, -0.2) is 12.1 Å². The van der Waals surface area contributed by atoms with E-state index in [1.807, 2.05) is 6.07 Å². The van der Waals surface area contributed by atoms with Crippen LogP contribution in [0.15, 0.2) is 24.3 Å². The van der Waals surface area contributed by atoms with Crippen molar-refractivity contribution < 1.29 is 4.74 Å². The number of aromatic nitrogens is 1. The molecule has 4 N–H and O–H groups in total. The summed E-state index contributed by atoms with van der Waals surface area (Å²) in [7, 11) is 1.40. The normalized spacial score (nSPS) is 9.55. The summed E-state index contributed by atoms with van der Waals surface area (Å²) in [4.78, 5) is 7.35. The highest BCUT2D eigenvalue weighted by Gasteiger charge is 2.20. The van der Waals surface area contributed by atoms with Crippen molar-refractivity contribution in [2.75, 3.05) is 18.6 Å². The van der Waals surface area contributed by atoms with E-state index in [1.165, 1.54) is 7.11 Å². The van der Waals surface area contributed by atoms with Crippen molar-refractivity contribution in [3.63, 3.8) is 0 Å². The van der Waals surface area contributed by atoms with Gasteiger partial charge in [0.15, 0.2) is 0 Å². The smallest absolute Gasteiger partial charge is 0.256 e. The van der Waals surface area contributed by atoms with Gasteiger partial charge in [-0.05, 0) is 17.7 Å². The van der Waals surface area contributed by atoms with E-state index in [1.54, 1.807) is 24.3 Å². The van der Waals surface area contributed by atoms with E-state index < -0.39 is 0 Å². The fraction of sp³-hybridized carbons (Fsp3) is 0.0714. The monoisotopic (exact) mass is 265 g/mol. The van der Waals surface area contributed by atoms with Gasteiger partial charge in [-0.2, -0.15) is 5.26 Å². The summed E-state index contributed by atoms with van der Waals surface area (Å²) in [6, 6.07) is 8.80. The fourth-order valence-corrected chi connectivity index (χ4v) is 1.86. The molecule has 0 atom stereocenters. The SMILES string of the molecule is [C-]#[N+]c1c(OC)nc(N)c(C#N)c1-c1ccc(N)cc1. The number of rotatable bonds is 2. The maximum absolute atomic E-state index is 9.26. The van der Waals surface area contributed by atoms with E-state index in [9.17, 15) is 5.26 Å². The molecule has 0 aliphatic rings. The van der Waals surface area contributed by atoms with Crippen molar-refractivity contribution in [2.45, 2.75) is 0 Å². The van der Waals surface area contributed by atoms with Crippen LogP contribution in [0.1, 0.15) is 5.56 Å². The van der Waals surface area contributed by atoms with Crippen molar-refractivity contribution in [3.05, 3.63) is 41.2 Å². The Balaban J connectivity index is 2.85. The average Bonchev–Trinajstić information content (AvgIpc) is 2.46. The molecule has 0 saturated carbocycles. The number of anilines is 2. The second-order valence-electron chi connectivity index (χ2n) is 3.95. The first-order valence-corrected chi connectivity index (χ1v) is 5.63. The van der Waals surface area contributed by atoms with Crippen LogP contribution in [0.25, 0.3) is 16.0 Å². The van der Waals surface area contributed by atoms with Gasteiger partial charge in [0.25, 0.3) is 5.69 Å². The second-order valence-corrected chi connectivity index (χ2v) is 3.95. The number of hydrogen-bond acceptors (Lipinski definition) is 5. The minimum absolute atomic E-state index is 0.0311. The molecule has 0 unspecified atom stereocenters. The van der Waals surface area contributed by atoms with Gasteiger partial charge in [-0.25, -0.2) is 9.83 Å². The van der Waals surface area contributed by atoms with Gasteiger partial charge in [0.05, 0.1) is 19.2 Å². The molecule has 0 bridgehead atoms. The summed E-state index contributed by atoms with van der Waals surface area (Å²) in [5.74, 6) is 0.131. The lowest BCUT2D eigenvalue weighted by Crippen LogP contribution is -2.01. The number of pyridine rings is 1. The van der Waals surface area contributed by atoms with Gasteiger partial charge in [0.2, 0.25) is 5.88 Å². The van der Waals surface area contributed by atoms with Gasteiger partial charge in [0, 0.05) is 11.3 Å². The van der Waals surface area contributed by atoms with E-state index in [-0.39, 0.29) is 22.9 Å². The molecule has 2 aromatic rings. The molecule has 0 radical (unpaired) electrons. The van der Waals surface area contributed by atoms with Crippen LogP contribution in [0.5, 0.6) is 5.88 Å². The van der Waals surface area contributed by atoms with E-state index in [0.29, 0.717) is 16.8 Å².